The van der Waals surface area contributed by atoms with Crippen LogP contribution >= 0.6 is 11.6 Å². The fourth-order valence-electron chi connectivity index (χ4n) is 4.12. The van der Waals surface area contributed by atoms with Crippen LogP contribution < -0.4 is 10.2 Å². The van der Waals surface area contributed by atoms with Gasteiger partial charge >= 0.3 is 6.18 Å². The maximum atomic E-state index is 13.4. The van der Waals surface area contributed by atoms with Crippen LogP contribution in [0.4, 0.5) is 28.9 Å². The van der Waals surface area contributed by atoms with Gasteiger partial charge in [0.05, 0.1) is 28.5 Å². The summed E-state index contributed by atoms with van der Waals surface area (Å²) >= 11 is 5.76. The number of fused-ring (bicyclic) bond motifs is 1. The van der Waals surface area contributed by atoms with Crippen molar-refractivity contribution in [3.8, 4) is 0 Å². The van der Waals surface area contributed by atoms with Gasteiger partial charge in [-0.2, -0.15) is 18.3 Å². The summed E-state index contributed by atoms with van der Waals surface area (Å²) in [4.78, 5) is 26.3. The first-order valence-electron chi connectivity index (χ1n) is 9.72. The van der Waals surface area contributed by atoms with E-state index < -0.39 is 42.7 Å². The second-order valence-electron chi connectivity index (χ2n) is 8.01. The lowest BCUT2D eigenvalue weighted by Gasteiger charge is -2.30. The number of aromatic nitrogens is 2. The molecule has 0 radical (unpaired) electrons. The SMILES string of the molecule is C[C@@H]1Cn2ncc(N3CC(C(F)(F)F)CC3=O)c2CC1C(=O)Nc1ccc(F)c(Cl)c1. The van der Waals surface area contributed by atoms with Crippen LogP contribution in [-0.2, 0) is 22.6 Å². The van der Waals surface area contributed by atoms with Crippen molar-refractivity contribution in [1.29, 1.82) is 0 Å². The van der Waals surface area contributed by atoms with Crippen molar-refractivity contribution >= 4 is 34.8 Å². The number of amides is 2. The molecule has 4 rings (SSSR count). The van der Waals surface area contributed by atoms with E-state index in [2.05, 4.69) is 10.4 Å². The predicted octanol–water partition coefficient (Wildman–Crippen LogP) is 4.04. The summed E-state index contributed by atoms with van der Waals surface area (Å²) in [6, 6.07) is 3.84. The van der Waals surface area contributed by atoms with Crippen molar-refractivity contribution in [3.63, 3.8) is 0 Å². The molecule has 31 heavy (non-hydrogen) atoms. The Kier molecular flexibility index (Phi) is 5.45. The molecule has 6 nitrogen and oxygen atoms in total. The molecule has 166 valence electrons. The van der Waals surface area contributed by atoms with Crippen LogP contribution in [0.1, 0.15) is 19.0 Å². The van der Waals surface area contributed by atoms with Crippen molar-refractivity contribution in [2.24, 2.45) is 17.8 Å². The smallest absolute Gasteiger partial charge is 0.326 e. The fourth-order valence-corrected chi connectivity index (χ4v) is 4.30. The van der Waals surface area contributed by atoms with Crippen LogP contribution in [0.5, 0.6) is 0 Å². The summed E-state index contributed by atoms with van der Waals surface area (Å²) in [6.07, 6.45) is -3.46. The topological polar surface area (TPSA) is 67.2 Å². The van der Waals surface area contributed by atoms with Crippen molar-refractivity contribution in [3.05, 3.63) is 40.9 Å². The summed E-state index contributed by atoms with van der Waals surface area (Å²) in [5.41, 5.74) is 1.20. The number of rotatable bonds is 3. The van der Waals surface area contributed by atoms with Gasteiger partial charge in [-0.3, -0.25) is 14.3 Å². The zero-order valence-corrected chi connectivity index (χ0v) is 17.2. The van der Waals surface area contributed by atoms with Crippen molar-refractivity contribution in [1.82, 2.24) is 9.78 Å². The van der Waals surface area contributed by atoms with Gasteiger partial charge in [-0.1, -0.05) is 18.5 Å². The van der Waals surface area contributed by atoms with Gasteiger partial charge in [-0.15, -0.1) is 0 Å². The van der Waals surface area contributed by atoms with Gasteiger partial charge in [0.25, 0.3) is 0 Å². The minimum absolute atomic E-state index is 0.117. The average Bonchev–Trinajstić information content (AvgIpc) is 3.26. The molecule has 2 aliphatic rings. The summed E-state index contributed by atoms with van der Waals surface area (Å²) in [6.45, 7) is 1.79. The monoisotopic (exact) mass is 458 g/mol. The molecule has 0 bridgehead atoms. The molecule has 2 aliphatic heterocycles. The van der Waals surface area contributed by atoms with Gasteiger partial charge < -0.3 is 10.2 Å². The molecule has 1 aromatic carbocycles. The van der Waals surface area contributed by atoms with Gasteiger partial charge in [-0.05, 0) is 24.1 Å². The Balaban J connectivity index is 1.54. The lowest BCUT2D eigenvalue weighted by molar-refractivity contribution is -0.169. The number of nitrogens with zero attached hydrogens (tertiary/aromatic N) is 3. The Hall–Kier alpha value is -2.62. The molecule has 0 spiro atoms. The van der Waals surface area contributed by atoms with Crippen molar-refractivity contribution < 1.29 is 27.2 Å². The van der Waals surface area contributed by atoms with Gasteiger partial charge in [0.15, 0.2) is 0 Å². The lowest BCUT2D eigenvalue weighted by Crippen LogP contribution is -2.37. The molecule has 1 fully saturated rings. The Bertz CT molecular complexity index is 1040. The maximum Gasteiger partial charge on any atom is 0.394 e. The van der Waals surface area contributed by atoms with E-state index in [4.69, 9.17) is 11.6 Å². The van der Waals surface area contributed by atoms with Gasteiger partial charge in [0, 0.05) is 37.5 Å². The van der Waals surface area contributed by atoms with E-state index in [-0.39, 0.29) is 23.3 Å². The first kappa shape index (κ1) is 21.6. The first-order valence-corrected chi connectivity index (χ1v) is 10.1. The number of halogens is 5. The minimum Gasteiger partial charge on any atom is -0.326 e. The summed E-state index contributed by atoms with van der Waals surface area (Å²) in [7, 11) is 0. The normalized spacial score (nSPS) is 23.7. The Morgan fingerprint density at radius 3 is 2.65 bits per heavy atom. The molecular formula is C20H19ClF4N4O2. The van der Waals surface area contributed by atoms with Crippen LogP contribution in [0.15, 0.2) is 24.4 Å². The highest BCUT2D eigenvalue weighted by Crippen LogP contribution is 2.39. The van der Waals surface area contributed by atoms with Crippen molar-refractivity contribution in [2.75, 3.05) is 16.8 Å². The highest BCUT2D eigenvalue weighted by molar-refractivity contribution is 6.31. The number of carbonyl (C=O) groups is 2. The third kappa shape index (κ3) is 4.13. The molecular weight excluding hydrogens is 440 g/mol. The molecule has 1 aromatic heterocycles. The third-order valence-electron chi connectivity index (χ3n) is 5.89. The average molecular weight is 459 g/mol. The van der Waals surface area contributed by atoms with Gasteiger partial charge in [0.1, 0.15) is 5.82 Å². The number of hydrogen-bond acceptors (Lipinski definition) is 3. The molecule has 2 amide bonds. The third-order valence-corrected chi connectivity index (χ3v) is 6.18. The van der Waals surface area contributed by atoms with E-state index in [0.29, 0.717) is 23.6 Å². The molecule has 3 atom stereocenters. The van der Waals surface area contributed by atoms with E-state index in [0.717, 1.165) is 11.0 Å². The Morgan fingerprint density at radius 1 is 1.26 bits per heavy atom. The summed E-state index contributed by atoms with van der Waals surface area (Å²) < 4.78 is 54.2. The van der Waals surface area contributed by atoms with E-state index >= 15 is 0 Å². The van der Waals surface area contributed by atoms with Crippen LogP contribution in [0.2, 0.25) is 5.02 Å². The second kappa shape index (κ2) is 7.81. The van der Waals surface area contributed by atoms with E-state index in [9.17, 15) is 27.2 Å². The van der Waals surface area contributed by atoms with Gasteiger partial charge in [-0.25, -0.2) is 4.39 Å². The zero-order chi connectivity index (χ0) is 22.5. The van der Waals surface area contributed by atoms with E-state index in [1.807, 2.05) is 6.92 Å². The second-order valence-corrected chi connectivity index (χ2v) is 8.42. The molecule has 2 unspecified atom stereocenters. The summed E-state index contributed by atoms with van der Waals surface area (Å²) in [5, 5.41) is 6.81. The lowest BCUT2D eigenvalue weighted by atomic mass is 9.85. The van der Waals surface area contributed by atoms with Crippen LogP contribution in [0, 0.1) is 23.6 Å². The predicted molar refractivity (Wildman–Crippen MR) is 105 cm³/mol. The van der Waals surface area contributed by atoms with Gasteiger partial charge in [0.2, 0.25) is 11.8 Å². The highest BCUT2D eigenvalue weighted by atomic mass is 35.5. The van der Waals surface area contributed by atoms with E-state index in [1.54, 1.807) is 4.68 Å². The molecule has 11 heteroatoms. The number of hydrogen-bond donors (Lipinski definition) is 1. The van der Waals surface area contributed by atoms with Crippen molar-refractivity contribution in [2.45, 2.75) is 32.5 Å². The molecule has 2 aromatic rings. The number of alkyl halides is 3. The molecule has 3 heterocycles. The molecule has 1 saturated heterocycles. The molecule has 0 aliphatic carbocycles. The molecule has 1 N–H and O–H groups in total. The molecule has 0 saturated carbocycles. The maximum absolute atomic E-state index is 13.4. The largest absolute Gasteiger partial charge is 0.394 e. The Labute approximate surface area is 180 Å². The standard InChI is InChI=1S/C20H19ClF4N4O2/c1-10-8-29-16(6-13(10)19(31)27-12-2-3-15(22)14(21)5-12)17(7-26-29)28-9-11(4-18(28)30)20(23,24)25/h2-3,5,7,10-11,13H,4,6,8-9H2,1H3,(H,27,31)/t10-,11?,13?/m1/s1. The zero-order valence-electron chi connectivity index (χ0n) is 16.4. The first-order chi connectivity index (χ1) is 14.5. The van der Waals surface area contributed by atoms with E-state index in [1.165, 1.54) is 18.3 Å². The van der Waals surface area contributed by atoms with Crippen LogP contribution in [-0.4, -0.2) is 34.3 Å². The number of nitrogens with one attached hydrogen (secondary N) is 1. The summed E-state index contributed by atoms with van der Waals surface area (Å²) in [5.74, 6) is -3.89. The Morgan fingerprint density at radius 2 is 2.00 bits per heavy atom. The highest BCUT2D eigenvalue weighted by Gasteiger charge is 2.48. The quantitative estimate of drug-likeness (QED) is 0.706. The number of anilines is 2. The van der Waals surface area contributed by atoms with Crippen LogP contribution in [0.25, 0.3) is 0 Å². The fraction of sp³-hybridized carbons (Fsp3) is 0.450. The number of benzene rings is 1. The number of carbonyl (C=O) groups excluding carboxylic acids is 2. The van der Waals surface area contributed by atoms with Crippen LogP contribution in [0.3, 0.4) is 0 Å². The minimum atomic E-state index is -4.45.